The van der Waals surface area contributed by atoms with E-state index in [0.29, 0.717) is 12.5 Å². The molecule has 3 aromatic rings. The molecule has 1 heterocycles. The Morgan fingerprint density at radius 2 is 1.61 bits per heavy atom. The van der Waals surface area contributed by atoms with E-state index in [-0.39, 0.29) is 0 Å². The number of rotatable bonds is 9. The summed E-state index contributed by atoms with van der Waals surface area (Å²) in [6.07, 6.45) is 3.44. The number of hydrogen-bond acceptors (Lipinski definition) is 4. The van der Waals surface area contributed by atoms with E-state index < -0.39 is 0 Å². The van der Waals surface area contributed by atoms with Gasteiger partial charge < -0.3 is 19.1 Å². The average molecular weight is 488 g/mol. The first kappa shape index (κ1) is 26.1. The van der Waals surface area contributed by atoms with E-state index >= 15 is 0 Å². The van der Waals surface area contributed by atoms with Crippen LogP contribution < -0.4 is 14.2 Å². The minimum Gasteiger partial charge on any atom is -0.496 e. The number of benzene rings is 3. The van der Waals surface area contributed by atoms with Crippen molar-refractivity contribution in [1.29, 1.82) is 0 Å². The van der Waals surface area contributed by atoms with Gasteiger partial charge in [0.15, 0.2) is 0 Å². The van der Waals surface area contributed by atoms with E-state index in [1.807, 2.05) is 6.07 Å². The van der Waals surface area contributed by atoms with E-state index in [4.69, 9.17) is 14.2 Å². The van der Waals surface area contributed by atoms with Crippen LogP contribution in [0.4, 0.5) is 0 Å². The summed E-state index contributed by atoms with van der Waals surface area (Å²) < 4.78 is 18.2. The third-order valence-electron chi connectivity index (χ3n) is 7.56. The lowest BCUT2D eigenvalue weighted by molar-refractivity contribution is 0.150. The molecule has 1 fully saturated rings. The number of piperidine rings is 1. The van der Waals surface area contributed by atoms with Crippen molar-refractivity contribution in [3.63, 3.8) is 0 Å². The molecule has 0 N–H and O–H groups in total. The molecule has 0 spiro atoms. The normalized spacial score (nSPS) is 16.1. The molecule has 0 radical (unpaired) electrons. The topological polar surface area (TPSA) is 30.9 Å². The van der Waals surface area contributed by atoms with Gasteiger partial charge in [-0.2, -0.15) is 0 Å². The number of methoxy groups -OCH3 is 1. The summed E-state index contributed by atoms with van der Waals surface area (Å²) in [4.78, 5) is 2.41. The molecular weight excluding hydrogens is 446 g/mol. The van der Waals surface area contributed by atoms with Crippen molar-refractivity contribution in [2.45, 2.75) is 53.6 Å². The predicted octanol–water partition coefficient (Wildman–Crippen LogP) is 7.15. The van der Waals surface area contributed by atoms with E-state index in [1.54, 1.807) is 7.11 Å². The van der Waals surface area contributed by atoms with Crippen molar-refractivity contribution < 1.29 is 14.2 Å². The Morgan fingerprint density at radius 3 is 2.33 bits per heavy atom. The predicted molar refractivity (Wildman–Crippen MR) is 149 cm³/mol. The van der Waals surface area contributed by atoms with Gasteiger partial charge in [-0.25, -0.2) is 0 Å². The van der Waals surface area contributed by atoms with Crippen molar-refractivity contribution in [3.05, 3.63) is 76.3 Å². The summed E-state index contributed by atoms with van der Waals surface area (Å²) in [6, 6.07) is 17.1. The van der Waals surface area contributed by atoms with Gasteiger partial charge in [-0.1, -0.05) is 37.3 Å². The van der Waals surface area contributed by atoms with Gasteiger partial charge in [0.1, 0.15) is 23.9 Å². The van der Waals surface area contributed by atoms with Gasteiger partial charge >= 0.3 is 0 Å². The maximum atomic E-state index is 6.35. The molecule has 4 heteroatoms. The fourth-order valence-corrected chi connectivity index (χ4v) is 5.32. The molecule has 1 aliphatic rings. The monoisotopic (exact) mass is 487 g/mol. The van der Waals surface area contributed by atoms with Crippen molar-refractivity contribution in [3.8, 4) is 28.4 Å². The number of ether oxygens (including phenoxy) is 3. The van der Waals surface area contributed by atoms with Crippen LogP contribution >= 0.6 is 0 Å². The molecule has 192 valence electrons. The second kappa shape index (κ2) is 11.8. The SMILES string of the molecule is CCc1cc(C)c(OCc2cccc(-c3cccc(OCC4CCCN(C)C4)c3C)c2C)cc1OC. The Bertz CT molecular complexity index is 1190. The molecule has 0 aromatic heterocycles. The molecule has 0 aliphatic carbocycles. The van der Waals surface area contributed by atoms with Gasteiger partial charge in [-0.05, 0) is 105 Å². The Kier molecular flexibility index (Phi) is 8.58. The Balaban J connectivity index is 1.52. The van der Waals surface area contributed by atoms with Crippen LogP contribution in [0.2, 0.25) is 0 Å². The van der Waals surface area contributed by atoms with Crippen molar-refractivity contribution >= 4 is 0 Å². The van der Waals surface area contributed by atoms with Gasteiger partial charge in [0.2, 0.25) is 0 Å². The zero-order valence-electron chi connectivity index (χ0n) is 22.8. The number of likely N-dealkylation sites (tertiary alicyclic amines) is 1. The minimum atomic E-state index is 0.513. The molecule has 0 amide bonds. The lowest BCUT2D eigenvalue weighted by Gasteiger charge is -2.29. The Hall–Kier alpha value is -2.98. The van der Waals surface area contributed by atoms with Gasteiger partial charge in [-0.15, -0.1) is 0 Å². The van der Waals surface area contributed by atoms with Crippen molar-refractivity contribution in [2.75, 3.05) is 33.9 Å². The highest BCUT2D eigenvalue weighted by Gasteiger charge is 2.19. The molecule has 0 saturated carbocycles. The molecule has 1 aliphatic heterocycles. The molecule has 1 unspecified atom stereocenters. The zero-order chi connectivity index (χ0) is 25.7. The minimum absolute atomic E-state index is 0.513. The van der Waals surface area contributed by atoms with E-state index in [1.165, 1.54) is 52.8 Å². The van der Waals surface area contributed by atoms with Crippen LogP contribution in [-0.2, 0) is 13.0 Å². The summed E-state index contributed by atoms with van der Waals surface area (Å²) in [5, 5.41) is 0. The molecular formula is C32H41NO3. The van der Waals surface area contributed by atoms with Crippen LogP contribution in [0, 0.1) is 26.7 Å². The molecule has 0 bridgehead atoms. The van der Waals surface area contributed by atoms with Gasteiger partial charge in [0.05, 0.1) is 13.7 Å². The molecule has 4 nitrogen and oxygen atoms in total. The number of hydrogen-bond donors (Lipinski definition) is 0. The third-order valence-corrected chi connectivity index (χ3v) is 7.56. The number of nitrogens with zero attached hydrogens (tertiary/aromatic N) is 1. The fourth-order valence-electron chi connectivity index (χ4n) is 5.32. The maximum Gasteiger partial charge on any atom is 0.126 e. The first-order valence-electron chi connectivity index (χ1n) is 13.2. The molecule has 36 heavy (non-hydrogen) atoms. The molecule has 4 rings (SSSR count). The Morgan fingerprint density at radius 1 is 0.861 bits per heavy atom. The highest BCUT2D eigenvalue weighted by Crippen LogP contribution is 2.35. The van der Waals surface area contributed by atoms with Crippen LogP contribution in [0.25, 0.3) is 11.1 Å². The standard InChI is InChI=1S/C32H41NO3/c1-7-26-17-22(2)31(18-32(26)34-6)36-21-27-12-8-13-28(23(27)3)29-14-9-15-30(24(29)4)35-20-25-11-10-16-33(5)19-25/h8-9,12-15,17-18,25H,7,10-11,16,19-21H2,1-6H3. The molecule has 3 aromatic carbocycles. The molecule has 1 saturated heterocycles. The van der Waals surface area contributed by atoms with Gasteiger partial charge in [0, 0.05) is 18.5 Å². The van der Waals surface area contributed by atoms with Crippen molar-refractivity contribution in [1.82, 2.24) is 4.90 Å². The smallest absolute Gasteiger partial charge is 0.126 e. The summed E-state index contributed by atoms with van der Waals surface area (Å²) in [7, 11) is 3.92. The van der Waals surface area contributed by atoms with Gasteiger partial charge in [-0.3, -0.25) is 0 Å². The van der Waals surface area contributed by atoms with E-state index in [0.717, 1.165) is 42.4 Å². The van der Waals surface area contributed by atoms with Crippen LogP contribution in [0.15, 0.2) is 48.5 Å². The highest BCUT2D eigenvalue weighted by atomic mass is 16.5. The first-order chi connectivity index (χ1) is 17.4. The van der Waals surface area contributed by atoms with Crippen LogP contribution in [0.3, 0.4) is 0 Å². The van der Waals surface area contributed by atoms with Crippen LogP contribution in [0.1, 0.15) is 47.6 Å². The largest absolute Gasteiger partial charge is 0.496 e. The Labute approximate surface area is 217 Å². The van der Waals surface area contributed by atoms with Crippen molar-refractivity contribution in [2.24, 2.45) is 5.92 Å². The fraction of sp³-hybridized carbons (Fsp3) is 0.438. The average Bonchev–Trinajstić information content (AvgIpc) is 2.88. The summed E-state index contributed by atoms with van der Waals surface area (Å²) in [5.74, 6) is 3.34. The lowest BCUT2D eigenvalue weighted by atomic mass is 9.93. The summed E-state index contributed by atoms with van der Waals surface area (Å²) in [5.41, 5.74) is 8.39. The summed E-state index contributed by atoms with van der Waals surface area (Å²) >= 11 is 0. The molecule has 1 atom stereocenters. The van der Waals surface area contributed by atoms with E-state index in [9.17, 15) is 0 Å². The quantitative estimate of drug-likeness (QED) is 0.321. The third kappa shape index (κ3) is 5.87. The van der Waals surface area contributed by atoms with Crippen LogP contribution in [-0.4, -0.2) is 38.8 Å². The maximum absolute atomic E-state index is 6.35. The van der Waals surface area contributed by atoms with Crippen LogP contribution in [0.5, 0.6) is 17.2 Å². The number of aryl methyl sites for hydroxylation is 2. The summed E-state index contributed by atoms with van der Waals surface area (Å²) in [6.45, 7) is 12.2. The zero-order valence-corrected chi connectivity index (χ0v) is 22.8. The lowest BCUT2D eigenvalue weighted by Crippen LogP contribution is -2.34. The highest BCUT2D eigenvalue weighted by molar-refractivity contribution is 5.73. The first-order valence-corrected chi connectivity index (χ1v) is 13.2. The second-order valence-electron chi connectivity index (χ2n) is 10.2. The van der Waals surface area contributed by atoms with E-state index in [2.05, 4.69) is 82.1 Å². The van der Waals surface area contributed by atoms with Gasteiger partial charge in [0.25, 0.3) is 0 Å². The second-order valence-corrected chi connectivity index (χ2v) is 10.2.